The van der Waals surface area contributed by atoms with Crippen LogP contribution in [0.25, 0.3) is 11.1 Å². The van der Waals surface area contributed by atoms with Crippen LogP contribution in [0.5, 0.6) is 0 Å². The Kier molecular flexibility index (Phi) is 4.59. The molecule has 1 atom stereocenters. The third kappa shape index (κ3) is 3.42. The number of rotatable bonds is 4. The van der Waals surface area contributed by atoms with Crippen molar-refractivity contribution < 1.29 is 4.39 Å². The van der Waals surface area contributed by atoms with Gasteiger partial charge >= 0.3 is 0 Å². The van der Waals surface area contributed by atoms with Crippen molar-refractivity contribution >= 4 is 0 Å². The molecule has 26 heavy (non-hydrogen) atoms. The summed E-state index contributed by atoms with van der Waals surface area (Å²) in [5.74, 6) is 0.192. The van der Waals surface area contributed by atoms with Gasteiger partial charge in [-0.1, -0.05) is 12.1 Å². The summed E-state index contributed by atoms with van der Waals surface area (Å²) in [7, 11) is 1.97. The Morgan fingerprint density at radius 3 is 2.81 bits per heavy atom. The average Bonchev–Trinajstić information content (AvgIpc) is 3.23. The van der Waals surface area contributed by atoms with Crippen LogP contribution in [0.15, 0.2) is 36.7 Å². The van der Waals surface area contributed by atoms with Crippen molar-refractivity contribution in [2.75, 3.05) is 13.1 Å². The fraction of sp³-hybridized carbons (Fsp3) is 0.400. The molecule has 0 bridgehead atoms. The second-order valence-corrected chi connectivity index (χ2v) is 7.19. The largest absolute Gasteiger partial charge is 0.298 e. The third-order valence-electron chi connectivity index (χ3n) is 5.25. The Balaban J connectivity index is 1.52. The topological polar surface area (TPSA) is 49.7 Å². The first kappa shape index (κ1) is 17.0. The van der Waals surface area contributed by atoms with Crippen molar-refractivity contribution in [3.8, 4) is 11.1 Å². The van der Waals surface area contributed by atoms with Gasteiger partial charge in [0.05, 0.1) is 11.9 Å². The highest BCUT2D eigenvalue weighted by Gasteiger charge is 2.25. The van der Waals surface area contributed by atoms with Crippen molar-refractivity contribution in [1.82, 2.24) is 24.9 Å². The Morgan fingerprint density at radius 2 is 2.08 bits per heavy atom. The lowest BCUT2D eigenvalue weighted by atomic mass is 9.90. The van der Waals surface area contributed by atoms with Crippen LogP contribution in [0.4, 0.5) is 4.39 Å². The van der Waals surface area contributed by atoms with E-state index in [1.54, 1.807) is 0 Å². The standard InChI is InChI=1S/C20H24FN5/c1-14-17(11-25(2)24-14)13-26-9-3-4-16(12-26)20-19(10-22-23-20)15-5-7-18(21)8-6-15/h5-8,10-11,16H,3-4,9,12-13H2,1-2H3,(H,22,23)/t16-/m0/s1. The number of nitrogens with zero attached hydrogens (tertiary/aromatic N) is 4. The minimum absolute atomic E-state index is 0.213. The lowest BCUT2D eigenvalue weighted by molar-refractivity contribution is 0.198. The van der Waals surface area contributed by atoms with E-state index in [0.29, 0.717) is 5.92 Å². The van der Waals surface area contributed by atoms with Crippen molar-refractivity contribution in [2.24, 2.45) is 7.05 Å². The number of aryl methyl sites for hydroxylation is 2. The van der Waals surface area contributed by atoms with Gasteiger partial charge in [-0.15, -0.1) is 0 Å². The van der Waals surface area contributed by atoms with Crippen molar-refractivity contribution in [3.05, 3.63) is 59.4 Å². The summed E-state index contributed by atoms with van der Waals surface area (Å²) in [6.45, 7) is 5.09. The zero-order valence-corrected chi connectivity index (χ0v) is 15.2. The number of hydrogen-bond acceptors (Lipinski definition) is 3. The summed E-state index contributed by atoms with van der Waals surface area (Å²) in [6.07, 6.45) is 6.26. The van der Waals surface area contributed by atoms with E-state index >= 15 is 0 Å². The number of piperidine rings is 1. The second kappa shape index (κ2) is 7.03. The molecule has 1 aromatic carbocycles. The summed E-state index contributed by atoms with van der Waals surface area (Å²) in [6, 6.07) is 6.65. The molecule has 136 valence electrons. The molecule has 6 heteroatoms. The van der Waals surface area contributed by atoms with Gasteiger partial charge in [0.2, 0.25) is 0 Å². The molecule has 0 spiro atoms. The molecule has 4 rings (SSSR count). The van der Waals surface area contributed by atoms with Crippen LogP contribution in [0, 0.1) is 12.7 Å². The predicted molar refractivity (Wildman–Crippen MR) is 99.2 cm³/mol. The SMILES string of the molecule is Cc1nn(C)cc1CN1CCC[C@H](c2[nH]ncc2-c2ccc(F)cc2)C1. The van der Waals surface area contributed by atoms with E-state index in [9.17, 15) is 4.39 Å². The van der Waals surface area contributed by atoms with E-state index in [-0.39, 0.29) is 5.82 Å². The molecular formula is C20H24FN5. The van der Waals surface area contributed by atoms with Crippen LogP contribution in [0.3, 0.4) is 0 Å². The maximum absolute atomic E-state index is 13.2. The molecule has 0 aliphatic carbocycles. The molecule has 5 nitrogen and oxygen atoms in total. The number of hydrogen-bond donors (Lipinski definition) is 1. The van der Waals surface area contributed by atoms with E-state index in [2.05, 4.69) is 33.3 Å². The summed E-state index contributed by atoms with van der Waals surface area (Å²) >= 11 is 0. The monoisotopic (exact) mass is 353 g/mol. The molecule has 2 aromatic heterocycles. The van der Waals surface area contributed by atoms with Crippen LogP contribution in [0.1, 0.15) is 35.7 Å². The van der Waals surface area contributed by atoms with Crippen molar-refractivity contribution in [2.45, 2.75) is 32.2 Å². The highest BCUT2D eigenvalue weighted by molar-refractivity contribution is 5.65. The first-order valence-corrected chi connectivity index (χ1v) is 9.11. The average molecular weight is 353 g/mol. The molecule has 1 saturated heterocycles. The molecule has 0 unspecified atom stereocenters. The van der Waals surface area contributed by atoms with Crippen molar-refractivity contribution in [3.63, 3.8) is 0 Å². The van der Waals surface area contributed by atoms with Gasteiger partial charge in [0.25, 0.3) is 0 Å². The summed E-state index contributed by atoms with van der Waals surface area (Å²) in [5, 5.41) is 11.9. The molecule has 1 fully saturated rings. The highest BCUT2D eigenvalue weighted by atomic mass is 19.1. The maximum atomic E-state index is 13.2. The van der Waals surface area contributed by atoms with Crippen LogP contribution in [-0.4, -0.2) is 38.0 Å². The minimum Gasteiger partial charge on any atom is -0.298 e. The van der Waals surface area contributed by atoms with Gasteiger partial charge in [0, 0.05) is 49.1 Å². The van der Waals surface area contributed by atoms with Gasteiger partial charge in [0.1, 0.15) is 5.82 Å². The number of likely N-dealkylation sites (tertiary alicyclic amines) is 1. The minimum atomic E-state index is -0.213. The molecule has 1 aliphatic heterocycles. The van der Waals surface area contributed by atoms with E-state index in [1.165, 1.54) is 17.7 Å². The number of benzene rings is 1. The Bertz CT molecular complexity index is 880. The first-order chi connectivity index (χ1) is 12.6. The van der Waals surface area contributed by atoms with Gasteiger partial charge in [-0.05, 0) is 44.0 Å². The zero-order valence-electron chi connectivity index (χ0n) is 15.2. The van der Waals surface area contributed by atoms with Crippen molar-refractivity contribution in [1.29, 1.82) is 0 Å². The number of aromatic nitrogens is 4. The van der Waals surface area contributed by atoms with Gasteiger partial charge < -0.3 is 0 Å². The van der Waals surface area contributed by atoms with Crippen LogP contribution in [0.2, 0.25) is 0 Å². The normalized spacial score (nSPS) is 18.3. The lowest BCUT2D eigenvalue weighted by Gasteiger charge is -2.32. The number of nitrogens with one attached hydrogen (secondary N) is 1. The summed E-state index contributed by atoms with van der Waals surface area (Å²) < 4.78 is 15.1. The maximum Gasteiger partial charge on any atom is 0.123 e. The van der Waals surface area contributed by atoms with E-state index < -0.39 is 0 Å². The fourth-order valence-electron chi connectivity index (χ4n) is 3.95. The Morgan fingerprint density at radius 1 is 1.27 bits per heavy atom. The summed E-state index contributed by atoms with van der Waals surface area (Å²) in [5.41, 5.74) is 5.63. The van der Waals surface area contributed by atoms with Gasteiger partial charge in [-0.3, -0.25) is 14.7 Å². The van der Waals surface area contributed by atoms with Crippen LogP contribution in [-0.2, 0) is 13.6 Å². The number of halogens is 1. The molecule has 0 radical (unpaired) electrons. The van der Waals surface area contributed by atoms with E-state index in [4.69, 9.17) is 0 Å². The fourth-order valence-corrected chi connectivity index (χ4v) is 3.95. The van der Waals surface area contributed by atoms with Gasteiger partial charge in [-0.25, -0.2) is 4.39 Å². The smallest absolute Gasteiger partial charge is 0.123 e. The predicted octanol–water partition coefficient (Wildman–Crippen LogP) is 3.64. The molecule has 0 amide bonds. The molecule has 1 aliphatic rings. The molecule has 1 N–H and O–H groups in total. The highest BCUT2D eigenvalue weighted by Crippen LogP contribution is 2.33. The summed E-state index contributed by atoms with van der Waals surface area (Å²) in [4.78, 5) is 2.49. The number of H-pyrrole nitrogens is 1. The van der Waals surface area contributed by atoms with Crippen LogP contribution < -0.4 is 0 Å². The first-order valence-electron chi connectivity index (χ1n) is 9.11. The Hall–Kier alpha value is -2.47. The van der Waals surface area contributed by atoms with Crippen LogP contribution >= 0.6 is 0 Å². The van der Waals surface area contributed by atoms with E-state index in [1.807, 2.05) is 30.1 Å². The van der Waals surface area contributed by atoms with E-state index in [0.717, 1.165) is 55.0 Å². The van der Waals surface area contributed by atoms with Gasteiger partial charge in [-0.2, -0.15) is 10.2 Å². The zero-order chi connectivity index (χ0) is 18.1. The Labute approximate surface area is 152 Å². The quantitative estimate of drug-likeness (QED) is 0.779. The second-order valence-electron chi connectivity index (χ2n) is 7.19. The molecule has 3 aromatic rings. The van der Waals surface area contributed by atoms with Gasteiger partial charge in [0.15, 0.2) is 0 Å². The number of aromatic amines is 1. The third-order valence-corrected chi connectivity index (χ3v) is 5.25. The molecule has 3 heterocycles. The molecular weight excluding hydrogens is 329 g/mol. The molecule has 0 saturated carbocycles. The lowest BCUT2D eigenvalue weighted by Crippen LogP contribution is -2.34.